The van der Waals surface area contributed by atoms with Gasteiger partial charge in [-0.3, -0.25) is 4.79 Å². The number of rotatable bonds is 8. The van der Waals surface area contributed by atoms with Crippen molar-refractivity contribution in [2.45, 2.75) is 26.3 Å². The molecule has 0 bridgehead atoms. The summed E-state index contributed by atoms with van der Waals surface area (Å²) in [6.07, 6.45) is 0.852. The van der Waals surface area contributed by atoms with Crippen molar-refractivity contribution in [3.05, 3.63) is 16.1 Å². The first-order valence-corrected chi connectivity index (χ1v) is 6.89. The van der Waals surface area contributed by atoms with Gasteiger partial charge in [-0.15, -0.1) is 11.3 Å². The molecule has 1 aromatic rings. The van der Waals surface area contributed by atoms with E-state index in [0.717, 1.165) is 23.7 Å². The van der Waals surface area contributed by atoms with E-state index in [4.69, 9.17) is 4.74 Å². The summed E-state index contributed by atoms with van der Waals surface area (Å²) in [5.74, 6) is -0.00555. The van der Waals surface area contributed by atoms with Crippen LogP contribution < -0.4 is 10.6 Å². The van der Waals surface area contributed by atoms with E-state index in [1.165, 1.54) is 0 Å². The Morgan fingerprint density at radius 2 is 2.39 bits per heavy atom. The number of amides is 1. The van der Waals surface area contributed by atoms with E-state index in [1.807, 2.05) is 13.8 Å². The second-order valence-corrected chi connectivity index (χ2v) is 5.27. The molecule has 0 aliphatic carbocycles. The van der Waals surface area contributed by atoms with Crippen LogP contribution >= 0.6 is 11.3 Å². The van der Waals surface area contributed by atoms with Crippen LogP contribution in [-0.2, 0) is 16.0 Å². The minimum atomic E-state index is -0.00555. The number of methoxy groups -OCH3 is 1. The maximum atomic E-state index is 11.5. The lowest BCUT2D eigenvalue weighted by Crippen LogP contribution is -2.41. The first-order valence-electron chi connectivity index (χ1n) is 6.02. The third-order valence-corrected chi connectivity index (χ3v) is 3.16. The maximum absolute atomic E-state index is 11.5. The molecule has 0 aliphatic rings. The van der Waals surface area contributed by atoms with Crippen LogP contribution in [0.2, 0.25) is 0 Å². The zero-order chi connectivity index (χ0) is 13.4. The summed E-state index contributed by atoms with van der Waals surface area (Å²) >= 11 is 1.65. The Morgan fingerprint density at radius 1 is 1.61 bits per heavy atom. The van der Waals surface area contributed by atoms with E-state index in [2.05, 4.69) is 21.0 Å². The zero-order valence-corrected chi connectivity index (χ0v) is 12.0. The summed E-state index contributed by atoms with van der Waals surface area (Å²) in [4.78, 5) is 15.9. The SMILES string of the molecule is COCC(C)NC(=O)CNCCc1csc(C)n1. The quantitative estimate of drug-likeness (QED) is 0.684. The summed E-state index contributed by atoms with van der Waals surface area (Å²) in [7, 11) is 1.62. The molecular formula is C12H21N3O2S. The monoisotopic (exact) mass is 271 g/mol. The highest BCUT2D eigenvalue weighted by Crippen LogP contribution is 2.07. The number of aryl methyl sites for hydroxylation is 1. The van der Waals surface area contributed by atoms with Crippen LogP contribution in [0.25, 0.3) is 0 Å². The van der Waals surface area contributed by atoms with E-state index in [9.17, 15) is 4.79 Å². The van der Waals surface area contributed by atoms with Crippen molar-refractivity contribution in [2.24, 2.45) is 0 Å². The number of nitrogens with one attached hydrogen (secondary N) is 2. The first-order chi connectivity index (χ1) is 8.61. The molecule has 2 N–H and O–H groups in total. The molecule has 6 heteroatoms. The Balaban J connectivity index is 2.08. The van der Waals surface area contributed by atoms with Crippen molar-refractivity contribution >= 4 is 17.2 Å². The summed E-state index contributed by atoms with van der Waals surface area (Å²) in [6.45, 7) is 5.53. The van der Waals surface area contributed by atoms with Crippen molar-refractivity contribution in [2.75, 3.05) is 26.8 Å². The Morgan fingerprint density at radius 3 is 3.00 bits per heavy atom. The number of nitrogens with zero attached hydrogens (tertiary/aromatic N) is 1. The van der Waals surface area contributed by atoms with E-state index < -0.39 is 0 Å². The van der Waals surface area contributed by atoms with Gasteiger partial charge in [0.15, 0.2) is 0 Å². The topological polar surface area (TPSA) is 63.2 Å². The van der Waals surface area contributed by atoms with E-state index >= 15 is 0 Å². The van der Waals surface area contributed by atoms with Gasteiger partial charge >= 0.3 is 0 Å². The standard InChI is InChI=1S/C12H21N3O2S/c1-9(7-17-3)14-12(16)6-13-5-4-11-8-18-10(2)15-11/h8-9,13H,4-7H2,1-3H3,(H,14,16). The molecule has 1 aromatic heterocycles. The van der Waals surface area contributed by atoms with Crippen molar-refractivity contribution in [3.8, 4) is 0 Å². The lowest BCUT2D eigenvalue weighted by molar-refractivity contribution is -0.121. The fraction of sp³-hybridized carbons (Fsp3) is 0.667. The van der Waals surface area contributed by atoms with Gasteiger partial charge in [-0.05, 0) is 13.8 Å². The number of carbonyl (C=O) groups excluding carboxylic acids is 1. The Hall–Kier alpha value is -0.980. The third-order valence-electron chi connectivity index (χ3n) is 2.33. The number of ether oxygens (including phenoxy) is 1. The molecule has 0 fully saturated rings. The minimum Gasteiger partial charge on any atom is -0.383 e. The molecule has 1 heterocycles. The van der Waals surface area contributed by atoms with Gasteiger partial charge in [0.1, 0.15) is 0 Å². The van der Waals surface area contributed by atoms with Crippen LogP contribution in [0, 0.1) is 6.92 Å². The van der Waals surface area contributed by atoms with Gasteiger partial charge in [0.05, 0.1) is 23.9 Å². The van der Waals surface area contributed by atoms with E-state index in [1.54, 1.807) is 18.4 Å². The number of thiazole rings is 1. The van der Waals surface area contributed by atoms with Crippen molar-refractivity contribution in [3.63, 3.8) is 0 Å². The van der Waals surface area contributed by atoms with E-state index in [-0.39, 0.29) is 11.9 Å². The minimum absolute atomic E-state index is 0.00555. The second kappa shape index (κ2) is 8.18. The fourth-order valence-corrected chi connectivity index (χ4v) is 2.21. The number of carbonyl (C=O) groups is 1. The van der Waals surface area contributed by atoms with Crippen molar-refractivity contribution < 1.29 is 9.53 Å². The lowest BCUT2D eigenvalue weighted by atomic mass is 10.3. The predicted molar refractivity (Wildman–Crippen MR) is 72.9 cm³/mol. The molecule has 18 heavy (non-hydrogen) atoms. The van der Waals surface area contributed by atoms with Gasteiger partial charge in [0.25, 0.3) is 0 Å². The molecule has 102 valence electrons. The van der Waals surface area contributed by atoms with Crippen molar-refractivity contribution in [1.29, 1.82) is 0 Å². The maximum Gasteiger partial charge on any atom is 0.234 e. The Bertz CT molecular complexity index is 368. The highest BCUT2D eigenvalue weighted by molar-refractivity contribution is 7.09. The molecule has 0 saturated heterocycles. The number of hydrogen-bond acceptors (Lipinski definition) is 5. The Labute approximate surface area is 112 Å². The van der Waals surface area contributed by atoms with Gasteiger partial charge in [0, 0.05) is 31.5 Å². The first kappa shape index (κ1) is 15.1. The number of hydrogen-bond donors (Lipinski definition) is 2. The fourth-order valence-electron chi connectivity index (χ4n) is 1.56. The summed E-state index contributed by atoms with van der Waals surface area (Å²) in [5, 5.41) is 9.08. The van der Waals surface area contributed by atoms with Gasteiger partial charge in [-0.2, -0.15) is 0 Å². The van der Waals surface area contributed by atoms with Crippen molar-refractivity contribution in [1.82, 2.24) is 15.6 Å². The smallest absolute Gasteiger partial charge is 0.234 e. The Kier molecular flexibility index (Phi) is 6.85. The predicted octanol–water partition coefficient (Wildman–Crippen LogP) is 0.735. The molecule has 0 radical (unpaired) electrons. The van der Waals surface area contributed by atoms with Crippen LogP contribution in [0.1, 0.15) is 17.6 Å². The third kappa shape index (κ3) is 6.09. The van der Waals surface area contributed by atoms with Gasteiger partial charge in [0.2, 0.25) is 5.91 Å². The van der Waals surface area contributed by atoms with Gasteiger partial charge in [-0.1, -0.05) is 0 Å². The summed E-state index contributed by atoms with van der Waals surface area (Å²) in [6, 6.07) is 0.0468. The van der Waals surface area contributed by atoms with Gasteiger partial charge < -0.3 is 15.4 Å². The molecule has 1 atom stereocenters. The highest BCUT2D eigenvalue weighted by Gasteiger charge is 2.06. The van der Waals surface area contributed by atoms with Crippen LogP contribution in [0.15, 0.2) is 5.38 Å². The molecule has 0 spiro atoms. The van der Waals surface area contributed by atoms with Crippen LogP contribution in [0.4, 0.5) is 0 Å². The molecular weight excluding hydrogens is 250 g/mol. The lowest BCUT2D eigenvalue weighted by Gasteiger charge is -2.12. The summed E-state index contributed by atoms with van der Waals surface area (Å²) in [5.41, 5.74) is 1.08. The average molecular weight is 271 g/mol. The van der Waals surface area contributed by atoms with Gasteiger partial charge in [-0.25, -0.2) is 4.98 Å². The normalized spacial score (nSPS) is 12.4. The average Bonchev–Trinajstić information content (AvgIpc) is 2.71. The summed E-state index contributed by atoms with van der Waals surface area (Å²) < 4.78 is 4.95. The zero-order valence-electron chi connectivity index (χ0n) is 11.2. The largest absolute Gasteiger partial charge is 0.383 e. The highest BCUT2D eigenvalue weighted by atomic mass is 32.1. The second-order valence-electron chi connectivity index (χ2n) is 4.21. The van der Waals surface area contributed by atoms with Crippen LogP contribution in [0.5, 0.6) is 0 Å². The molecule has 1 unspecified atom stereocenters. The number of aromatic nitrogens is 1. The molecule has 1 rings (SSSR count). The molecule has 0 aliphatic heterocycles. The van der Waals surface area contributed by atoms with E-state index in [0.29, 0.717) is 13.2 Å². The molecule has 0 aromatic carbocycles. The molecule has 0 saturated carbocycles. The van der Waals surface area contributed by atoms with Crippen LogP contribution in [0.3, 0.4) is 0 Å². The molecule has 1 amide bonds. The van der Waals surface area contributed by atoms with Crippen LogP contribution in [-0.4, -0.2) is 43.7 Å². The molecule has 5 nitrogen and oxygen atoms in total.